The molecule has 0 unspecified atom stereocenters. The molecule has 0 atom stereocenters. The van der Waals surface area contributed by atoms with Crippen LogP contribution in [0.3, 0.4) is 0 Å². The van der Waals surface area contributed by atoms with Crippen molar-refractivity contribution in [3.63, 3.8) is 0 Å². The lowest BCUT2D eigenvalue weighted by atomic mass is 10.1. The third-order valence-corrected chi connectivity index (χ3v) is 8.45. The minimum absolute atomic E-state index is 0.0109. The molecule has 0 aliphatic heterocycles. The number of nitrogens with zero attached hydrogens (tertiary/aromatic N) is 2. The summed E-state index contributed by atoms with van der Waals surface area (Å²) in [7, 11) is 0. The molecule has 2 aromatic heterocycles. The highest BCUT2D eigenvalue weighted by Crippen LogP contribution is 2.33. The van der Waals surface area contributed by atoms with E-state index in [4.69, 9.17) is 23.2 Å². The first-order chi connectivity index (χ1) is 23.3. The molecule has 0 radical (unpaired) electrons. The first kappa shape index (κ1) is 35.7. The number of hydrogen-bond donors (Lipinski definition) is 0. The molecule has 0 fully saturated rings. The van der Waals surface area contributed by atoms with Gasteiger partial charge in [0.1, 0.15) is 44.9 Å². The molecular formula is C36H21BrCl2F6N2O2. The second kappa shape index (κ2) is 15.3. The highest BCUT2D eigenvalue weighted by Gasteiger charge is 2.22. The van der Waals surface area contributed by atoms with Gasteiger partial charge in [-0.25, -0.2) is 26.3 Å². The van der Waals surface area contributed by atoms with Gasteiger partial charge >= 0.3 is 0 Å². The summed E-state index contributed by atoms with van der Waals surface area (Å²) in [5.41, 5.74) is -0.529. The molecule has 4 aromatic carbocycles. The summed E-state index contributed by atoms with van der Waals surface area (Å²) in [6.07, 6.45) is 2.62. The van der Waals surface area contributed by atoms with Crippen LogP contribution in [0.25, 0.3) is 22.5 Å². The molecule has 0 amide bonds. The fourth-order valence-corrected chi connectivity index (χ4v) is 6.12. The molecule has 49 heavy (non-hydrogen) atoms. The van der Waals surface area contributed by atoms with E-state index in [0.717, 1.165) is 17.2 Å². The van der Waals surface area contributed by atoms with E-state index in [1.165, 1.54) is 21.5 Å². The van der Waals surface area contributed by atoms with Gasteiger partial charge in [-0.2, -0.15) is 0 Å². The number of benzene rings is 4. The summed E-state index contributed by atoms with van der Waals surface area (Å²) in [6, 6.07) is 21.5. The van der Waals surface area contributed by atoms with Gasteiger partial charge in [-0.05, 0) is 27.1 Å². The van der Waals surface area contributed by atoms with E-state index in [1.807, 2.05) is 60.7 Å². The van der Waals surface area contributed by atoms with Crippen molar-refractivity contribution in [3.8, 4) is 22.5 Å². The lowest BCUT2D eigenvalue weighted by Gasteiger charge is -2.17. The van der Waals surface area contributed by atoms with Crippen molar-refractivity contribution >= 4 is 39.1 Å². The molecule has 4 nitrogen and oxygen atoms in total. The lowest BCUT2D eigenvalue weighted by Crippen LogP contribution is -2.15. The van der Waals surface area contributed by atoms with Crippen LogP contribution >= 0.6 is 39.1 Å². The van der Waals surface area contributed by atoms with E-state index < -0.39 is 56.9 Å². The maximum atomic E-state index is 14.3. The minimum Gasteiger partial charge on any atom is -0.341 e. The molecule has 250 valence electrons. The zero-order chi connectivity index (χ0) is 35.4. The fraction of sp³-hybridized carbons (Fsp3) is 0.0556. The molecule has 6 aromatic rings. The first-order valence-electron chi connectivity index (χ1n) is 14.2. The van der Waals surface area contributed by atoms with E-state index in [2.05, 4.69) is 15.9 Å². The van der Waals surface area contributed by atoms with Crippen molar-refractivity contribution in [1.29, 1.82) is 0 Å². The molecule has 0 aliphatic carbocycles. The summed E-state index contributed by atoms with van der Waals surface area (Å²) < 4.78 is 86.0. The van der Waals surface area contributed by atoms with Crippen molar-refractivity contribution in [2.75, 3.05) is 0 Å². The minimum atomic E-state index is -1.11. The lowest BCUT2D eigenvalue weighted by molar-refractivity contribution is 0.544. The molecule has 6 rings (SSSR count). The van der Waals surface area contributed by atoms with E-state index in [0.29, 0.717) is 24.3 Å². The standard InChI is InChI=1S/C18H10BrClF3NO.C18H11ClF3NO/c19-16-17(15-13(22)6-11(21)7-14(15)23)24(9-12(20)18(16)25)8-10-4-2-1-3-5-10;19-13-10-23(9-11-4-2-1-3-5-11)16(8-17(13)24)18-14(21)6-12(20)7-15(18)22/h1-7,9H,8H2;1-8,10H,9H2. The fourth-order valence-electron chi connectivity index (χ4n) is 4.98. The average Bonchev–Trinajstić information content (AvgIpc) is 3.04. The Kier molecular flexibility index (Phi) is 11.2. The Labute approximate surface area is 293 Å². The van der Waals surface area contributed by atoms with Crippen LogP contribution in [0.15, 0.2) is 117 Å². The maximum absolute atomic E-state index is 14.3. The largest absolute Gasteiger partial charge is 0.341 e. The molecule has 0 saturated carbocycles. The van der Waals surface area contributed by atoms with Gasteiger partial charge in [0.05, 0.1) is 27.0 Å². The zero-order valence-electron chi connectivity index (χ0n) is 24.8. The molecule has 13 heteroatoms. The number of halogens is 9. The summed E-state index contributed by atoms with van der Waals surface area (Å²) in [4.78, 5) is 24.0. The van der Waals surface area contributed by atoms with Gasteiger partial charge in [0.2, 0.25) is 10.9 Å². The topological polar surface area (TPSA) is 44.0 Å². The third kappa shape index (κ3) is 8.18. The number of pyridine rings is 2. The zero-order valence-corrected chi connectivity index (χ0v) is 27.9. The Morgan fingerprint density at radius 2 is 1.00 bits per heavy atom. The van der Waals surface area contributed by atoms with E-state index in [1.54, 1.807) is 0 Å². The predicted octanol–water partition coefficient (Wildman–Crippen LogP) is 10.0. The molecule has 0 spiro atoms. The van der Waals surface area contributed by atoms with Crippen LogP contribution in [0.2, 0.25) is 10.0 Å². The predicted molar refractivity (Wildman–Crippen MR) is 181 cm³/mol. The second-order valence-electron chi connectivity index (χ2n) is 10.6. The Morgan fingerprint density at radius 3 is 1.49 bits per heavy atom. The SMILES string of the molecule is O=c1c(Cl)cn(Cc2ccccc2)c(-c2c(F)cc(F)cc2F)c1Br.O=c1cc(-c2c(F)cc(F)cc2F)n(Cc2ccccc2)cc1Cl. The van der Waals surface area contributed by atoms with E-state index >= 15 is 0 Å². The molecule has 0 saturated heterocycles. The van der Waals surface area contributed by atoms with Gasteiger partial charge < -0.3 is 9.13 Å². The van der Waals surface area contributed by atoms with Gasteiger partial charge in [-0.15, -0.1) is 0 Å². The average molecular weight is 778 g/mol. The van der Waals surface area contributed by atoms with Crippen LogP contribution in [-0.2, 0) is 13.1 Å². The molecule has 0 bridgehead atoms. The molecule has 0 aliphatic rings. The first-order valence-corrected chi connectivity index (χ1v) is 15.7. The van der Waals surface area contributed by atoms with Gasteiger partial charge in [0.25, 0.3) is 0 Å². The highest BCUT2D eigenvalue weighted by atomic mass is 79.9. The van der Waals surface area contributed by atoms with Crippen molar-refractivity contribution < 1.29 is 26.3 Å². The number of hydrogen-bond acceptors (Lipinski definition) is 2. The summed E-state index contributed by atoms with van der Waals surface area (Å²) >= 11 is 14.9. The van der Waals surface area contributed by atoms with Gasteiger partial charge in [0, 0.05) is 55.8 Å². The van der Waals surface area contributed by atoms with Crippen LogP contribution in [0, 0.1) is 34.9 Å². The van der Waals surface area contributed by atoms with Crippen molar-refractivity contribution in [2.45, 2.75) is 13.1 Å². The summed E-state index contributed by atoms with van der Waals surface area (Å²) in [5.74, 6) is -6.46. The Morgan fingerprint density at radius 1 is 0.571 bits per heavy atom. The molecule has 0 N–H and O–H groups in total. The second-order valence-corrected chi connectivity index (χ2v) is 12.2. The van der Waals surface area contributed by atoms with Gasteiger partial charge in [-0.1, -0.05) is 83.9 Å². The number of aromatic nitrogens is 2. The monoisotopic (exact) mass is 776 g/mol. The Bertz CT molecular complexity index is 2240. The quantitative estimate of drug-likeness (QED) is 0.158. The van der Waals surface area contributed by atoms with Gasteiger partial charge in [0.15, 0.2) is 0 Å². The number of rotatable bonds is 6. The Balaban J connectivity index is 0.000000191. The third-order valence-electron chi connectivity index (χ3n) is 7.16. The van der Waals surface area contributed by atoms with Crippen molar-refractivity contribution in [3.05, 3.63) is 184 Å². The van der Waals surface area contributed by atoms with E-state index in [9.17, 15) is 35.9 Å². The molecular weight excluding hydrogens is 757 g/mol. The smallest absolute Gasteiger partial charge is 0.214 e. The van der Waals surface area contributed by atoms with E-state index in [-0.39, 0.29) is 39.0 Å². The summed E-state index contributed by atoms with van der Waals surface area (Å²) in [5, 5.41) is -0.174. The van der Waals surface area contributed by atoms with Crippen LogP contribution < -0.4 is 10.9 Å². The Hall–Kier alpha value is -4.58. The summed E-state index contributed by atoms with van der Waals surface area (Å²) in [6.45, 7) is 0.456. The van der Waals surface area contributed by atoms with Crippen molar-refractivity contribution in [1.82, 2.24) is 9.13 Å². The van der Waals surface area contributed by atoms with Crippen molar-refractivity contribution in [2.24, 2.45) is 0 Å². The molecule has 2 heterocycles. The maximum Gasteiger partial charge on any atom is 0.214 e. The van der Waals surface area contributed by atoms with Crippen LogP contribution in [0.4, 0.5) is 26.3 Å². The van der Waals surface area contributed by atoms with Crippen LogP contribution in [-0.4, -0.2) is 9.13 Å². The van der Waals surface area contributed by atoms with Crippen LogP contribution in [0.1, 0.15) is 11.1 Å². The van der Waals surface area contributed by atoms with Crippen LogP contribution in [0.5, 0.6) is 0 Å². The normalized spacial score (nSPS) is 10.9. The highest BCUT2D eigenvalue weighted by molar-refractivity contribution is 9.10. The van der Waals surface area contributed by atoms with Gasteiger partial charge in [-0.3, -0.25) is 9.59 Å².